The Kier molecular flexibility index (Phi) is 9.78. The summed E-state index contributed by atoms with van der Waals surface area (Å²) in [6.07, 6.45) is -0.539. The van der Waals surface area contributed by atoms with Crippen molar-refractivity contribution in [3.63, 3.8) is 0 Å². The number of nitrogens with zero attached hydrogens (tertiary/aromatic N) is 2. The molecule has 33 heavy (non-hydrogen) atoms. The summed E-state index contributed by atoms with van der Waals surface area (Å²) < 4.78 is 46.5. The van der Waals surface area contributed by atoms with Crippen molar-refractivity contribution in [1.82, 2.24) is 9.21 Å². The molecule has 0 bridgehead atoms. The van der Waals surface area contributed by atoms with E-state index in [2.05, 4.69) is 5.32 Å². The molecule has 2 aromatic rings. The van der Waals surface area contributed by atoms with Gasteiger partial charge in [0.15, 0.2) is 0 Å². The number of ether oxygens (including phenoxy) is 1. The smallest absolute Gasteiger partial charge is 0.322 e. The third-order valence-corrected chi connectivity index (χ3v) is 7.32. The summed E-state index contributed by atoms with van der Waals surface area (Å²) in [5.74, 6) is -0.873. The third-order valence-electron chi connectivity index (χ3n) is 5.48. The Balaban J connectivity index is 2.13. The number of halogens is 1. The molecule has 0 fully saturated rings. The van der Waals surface area contributed by atoms with E-state index in [-0.39, 0.29) is 36.2 Å². The van der Waals surface area contributed by atoms with E-state index in [4.69, 9.17) is 4.74 Å². The number of methoxy groups -OCH3 is 1. The van der Waals surface area contributed by atoms with E-state index < -0.39 is 34.0 Å². The number of benzene rings is 2. The first kappa shape index (κ1) is 26.7. The zero-order chi connectivity index (χ0) is 24.6. The van der Waals surface area contributed by atoms with Gasteiger partial charge in [0.05, 0.1) is 29.3 Å². The molecule has 2 amide bonds. The molecule has 2 aromatic carbocycles. The number of carbonyl (C=O) groups excluding carboxylic acids is 1. The average Bonchev–Trinajstić information content (AvgIpc) is 2.81. The van der Waals surface area contributed by atoms with Crippen molar-refractivity contribution in [2.75, 3.05) is 39.2 Å². The number of hydrogen-bond donors (Lipinski definition) is 2. The maximum absolute atomic E-state index is 14.0. The van der Waals surface area contributed by atoms with Gasteiger partial charge in [0, 0.05) is 33.2 Å². The molecular weight excluding hydrogens is 449 g/mol. The molecule has 0 aromatic heterocycles. The van der Waals surface area contributed by atoms with Gasteiger partial charge < -0.3 is 20.1 Å². The normalized spacial score (nSPS) is 14.5. The van der Waals surface area contributed by atoms with E-state index in [1.165, 1.54) is 53.7 Å². The van der Waals surface area contributed by atoms with Gasteiger partial charge in [-0.25, -0.2) is 17.6 Å². The van der Waals surface area contributed by atoms with E-state index in [0.717, 1.165) is 0 Å². The van der Waals surface area contributed by atoms with Crippen LogP contribution in [0.4, 0.5) is 14.9 Å². The number of aliphatic hydroxyl groups excluding tert-OH is 1. The Morgan fingerprint density at radius 2 is 1.70 bits per heavy atom. The zero-order valence-corrected chi connectivity index (χ0v) is 20.1. The lowest BCUT2D eigenvalue weighted by molar-refractivity contribution is 0.0305. The maximum Gasteiger partial charge on any atom is 0.322 e. The zero-order valence-electron chi connectivity index (χ0n) is 19.3. The lowest BCUT2D eigenvalue weighted by Gasteiger charge is -2.34. The molecule has 2 N–H and O–H groups in total. The first-order valence-corrected chi connectivity index (χ1v) is 12.0. The number of sulfonamides is 1. The number of amides is 2. The van der Waals surface area contributed by atoms with E-state index in [0.29, 0.717) is 0 Å². The lowest BCUT2D eigenvalue weighted by atomic mass is 10.0. The number of anilines is 1. The van der Waals surface area contributed by atoms with Crippen LogP contribution in [0.15, 0.2) is 59.5 Å². The number of urea groups is 1. The van der Waals surface area contributed by atoms with Crippen LogP contribution < -0.4 is 5.32 Å². The van der Waals surface area contributed by atoms with Crippen LogP contribution >= 0.6 is 0 Å². The SMILES string of the molecule is CO[C@H](CN(C)S(=O)(=O)c1ccccc1)[C@@H](C)CN(C(=O)Nc1ccccc1F)[C@@H](C)CO. The molecule has 182 valence electrons. The first-order valence-electron chi connectivity index (χ1n) is 10.6. The van der Waals surface area contributed by atoms with Gasteiger partial charge in [-0.15, -0.1) is 0 Å². The molecule has 0 aliphatic carbocycles. The number of rotatable bonds is 11. The van der Waals surface area contributed by atoms with E-state index in [1.807, 2.05) is 6.92 Å². The fourth-order valence-corrected chi connectivity index (χ4v) is 4.55. The number of aliphatic hydroxyl groups is 1. The minimum Gasteiger partial charge on any atom is -0.394 e. The number of nitrogens with one attached hydrogen (secondary N) is 1. The van der Waals surface area contributed by atoms with Gasteiger partial charge in [-0.2, -0.15) is 4.31 Å². The molecule has 0 radical (unpaired) electrons. The van der Waals surface area contributed by atoms with Crippen molar-refractivity contribution < 1.29 is 27.4 Å². The Labute approximate surface area is 195 Å². The summed E-state index contributed by atoms with van der Waals surface area (Å²) in [7, 11) is -0.762. The van der Waals surface area contributed by atoms with Gasteiger partial charge >= 0.3 is 6.03 Å². The van der Waals surface area contributed by atoms with Crippen LogP contribution in [-0.4, -0.2) is 74.8 Å². The highest BCUT2D eigenvalue weighted by Gasteiger charge is 2.30. The van der Waals surface area contributed by atoms with Gasteiger partial charge in [-0.1, -0.05) is 37.3 Å². The average molecular weight is 482 g/mol. The molecular formula is C23H32FN3O5S. The highest BCUT2D eigenvalue weighted by Crippen LogP contribution is 2.19. The van der Waals surface area contributed by atoms with Crippen LogP contribution in [0.2, 0.25) is 0 Å². The van der Waals surface area contributed by atoms with Crippen molar-refractivity contribution in [3.05, 3.63) is 60.4 Å². The molecule has 2 rings (SSSR count). The van der Waals surface area contributed by atoms with Crippen LogP contribution in [0, 0.1) is 11.7 Å². The van der Waals surface area contributed by atoms with Crippen LogP contribution in [-0.2, 0) is 14.8 Å². The van der Waals surface area contributed by atoms with Gasteiger partial charge in [-0.3, -0.25) is 0 Å². The molecule has 10 heteroatoms. The minimum absolute atomic E-state index is 0.0299. The monoisotopic (exact) mass is 481 g/mol. The van der Waals surface area contributed by atoms with Gasteiger partial charge in [-0.05, 0) is 31.2 Å². The third kappa shape index (κ3) is 6.97. The molecule has 0 unspecified atom stereocenters. The van der Waals surface area contributed by atoms with Crippen molar-refractivity contribution in [1.29, 1.82) is 0 Å². The minimum atomic E-state index is -3.71. The Morgan fingerprint density at radius 3 is 2.27 bits per heavy atom. The lowest BCUT2D eigenvalue weighted by Crippen LogP contribution is -2.49. The molecule has 0 aliphatic heterocycles. The van der Waals surface area contributed by atoms with Crippen molar-refractivity contribution >= 4 is 21.7 Å². The summed E-state index contributed by atoms with van der Waals surface area (Å²) in [5, 5.41) is 12.2. The number of likely N-dealkylation sites (N-methyl/N-ethyl adjacent to an activating group) is 1. The van der Waals surface area contributed by atoms with E-state index in [9.17, 15) is 22.7 Å². The topological polar surface area (TPSA) is 99.2 Å². The predicted octanol–water partition coefficient (Wildman–Crippen LogP) is 3.01. The van der Waals surface area contributed by atoms with Crippen molar-refractivity contribution in [2.45, 2.75) is 30.9 Å². The van der Waals surface area contributed by atoms with E-state index >= 15 is 0 Å². The van der Waals surface area contributed by atoms with Gasteiger partial charge in [0.2, 0.25) is 10.0 Å². The largest absolute Gasteiger partial charge is 0.394 e. The molecule has 0 heterocycles. The summed E-state index contributed by atoms with van der Waals surface area (Å²) in [6, 6.07) is 12.8. The predicted molar refractivity (Wildman–Crippen MR) is 125 cm³/mol. The Morgan fingerprint density at radius 1 is 1.09 bits per heavy atom. The van der Waals surface area contributed by atoms with Crippen LogP contribution in [0.5, 0.6) is 0 Å². The second-order valence-electron chi connectivity index (χ2n) is 7.94. The molecule has 3 atom stereocenters. The van der Waals surface area contributed by atoms with Crippen molar-refractivity contribution in [2.24, 2.45) is 5.92 Å². The van der Waals surface area contributed by atoms with E-state index in [1.54, 1.807) is 31.2 Å². The second-order valence-corrected chi connectivity index (χ2v) is 9.99. The molecule has 0 aliphatic rings. The van der Waals surface area contributed by atoms with Crippen molar-refractivity contribution in [3.8, 4) is 0 Å². The number of para-hydroxylation sites is 1. The highest BCUT2D eigenvalue weighted by atomic mass is 32.2. The first-order chi connectivity index (χ1) is 15.6. The van der Waals surface area contributed by atoms with Crippen LogP contribution in [0.25, 0.3) is 0 Å². The second kappa shape index (κ2) is 12.1. The summed E-state index contributed by atoms with van der Waals surface area (Å²) >= 11 is 0. The highest BCUT2D eigenvalue weighted by molar-refractivity contribution is 7.89. The van der Waals surface area contributed by atoms with Crippen LogP contribution in [0.1, 0.15) is 13.8 Å². The molecule has 0 spiro atoms. The fourth-order valence-electron chi connectivity index (χ4n) is 3.35. The molecule has 0 saturated heterocycles. The summed E-state index contributed by atoms with van der Waals surface area (Å²) in [5.41, 5.74) is 0.0299. The standard InChI is InChI=1S/C23H32FN3O5S/c1-17(22(32-4)15-26(3)33(30,31)19-10-6-5-7-11-19)14-27(18(2)16-28)23(29)25-21-13-9-8-12-20(21)24/h5-13,17-18,22,28H,14-16H2,1-4H3,(H,25,29)/t17-,18-,22+/m0/s1. The summed E-state index contributed by atoms with van der Waals surface area (Å²) in [4.78, 5) is 14.4. The maximum atomic E-state index is 14.0. The van der Waals surface area contributed by atoms with Crippen LogP contribution in [0.3, 0.4) is 0 Å². The molecule has 0 saturated carbocycles. The summed E-state index contributed by atoms with van der Waals surface area (Å²) in [6.45, 7) is 3.41. The number of hydrogen-bond acceptors (Lipinski definition) is 5. The van der Waals surface area contributed by atoms with Gasteiger partial charge in [0.1, 0.15) is 5.82 Å². The Bertz CT molecular complexity index is 1010. The fraction of sp³-hybridized carbons (Fsp3) is 0.435. The van der Waals surface area contributed by atoms with Gasteiger partial charge in [0.25, 0.3) is 0 Å². The molecule has 8 nitrogen and oxygen atoms in total. The number of carbonyl (C=O) groups is 1. The quantitative estimate of drug-likeness (QED) is 0.514. The Hall–Kier alpha value is -2.53.